The number of thiophene rings is 1. The fraction of sp³-hybridized carbons (Fsp3) is 0.231. The Morgan fingerprint density at radius 2 is 2.12 bits per heavy atom. The monoisotopic (exact) mass is 313 g/mol. The van der Waals surface area contributed by atoms with Crippen LogP contribution in [0.5, 0.6) is 0 Å². The summed E-state index contributed by atoms with van der Waals surface area (Å²) in [5.74, 6) is -0.242. The van der Waals surface area contributed by atoms with Gasteiger partial charge >= 0.3 is 0 Å². The topological polar surface area (TPSA) is 26.0 Å². The van der Waals surface area contributed by atoms with Crippen LogP contribution in [0.25, 0.3) is 0 Å². The van der Waals surface area contributed by atoms with Gasteiger partial charge in [0, 0.05) is 32.3 Å². The van der Waals surface area contributed by atoms with Crippen molar-refractivity contribution >= 4 is 27.3 Å². The molecule has 0 aliphatic rings. The van der Waals surface area contributed by atoms with Crippen LogP contribution in [0.15, 0.2) is 40.2 Å². The Bertz CT molecular complexity index is 522. The van der Waals surface area contributed by atoms with E-state index in [2.05, 4.69) is 15.9 Å². The first-order valence-electron chi connectivity index (χ1n) is 5.26. The first-order chi connectivity index (χ1) is 7.99. The van der Waals surface area contributed by atoms with Gasteiger partial charge in [-0.05, 0) is 35.0 Å². The molecule has 0 saturated heterocycles. The quantitative estimate of drug-likeness (QED) is 0.908. The molecular weight excluding hydrogens is 301 g/mol. The van der Waals surface area contributed by atoms with Crippen molar-refractivity contribution in [3.8, 4) is 0 Å². The molecule has 0 amide bonds. The Labute approximate surface area is 113 Å². The van der Waals surface area contributed by atoms with Gasteiger partial charge in [0.1, 0.15) is 5.82 Å². The molecule has 0 fully saturated rings. The van der Waals surface area contributed by atoms with E-state index in [0.717, 1.165) is 9.35 Å². The lowest BCUT2D eigenvalue weighted by Gasteiger charge is -2.25. The summed E-state index contributed by atoms with van der Waals surface area (Å²) < 4.78 is 14.8. The maximum absolute atomic E-state index is 13.7. The lowest BCUT2D eigenvalue weighted by atomic mass is 9.89. The molecule has 2 rings (SSSR count). The zero-order valence-corrected chi connectivity index (χ0v) is 11.8. The van der Waals surface area contributed by atoms with E-state index >= 15 is 0 Å². The minimum absolute atomic E-state index is 0.242. The lowest BCUT2D eigenvalue weighted by molar-refractivity contribution is 0.460. The maximum Gasteiger partial charge on any atom is 0.128 e. The summed E-state index contributed by atoms with van der Waals surface area (Å²) in [7, 11) is 0. The summed E-state index contributed by atoms with van der Waals surface area (Å²) in [5, 5.41) is 2.01. The third-order valence-electron chi connectivity index (χ3n) is 2.65. The average molecular weight is 314 g/mol. The van der Waals surface area contributed by atoms with Crippen LogP contribution in [0.2, 0.25) is 0 Å². The van der Waals surface area contributed by atoms with Crippen molar-refractivity contribution in [3.05, 3.63) is 56.4 Å². The molecule has 2 aromatic rings. The fourth-order valence-corrected chi connectivity index (χ4v) is 3.45. The summed E-state index contributed by atoms with van der Waals surface area (Å²) in [6, 6.07) is 8.71. The highest BCUT2D eigenvalue weighted by atomic mass is 79.9. The third kappa shape index (κ3) is 2.94. The van der Waals surface area contributed by atoms with Gasteiger partial charge in [0.15, 0.2) is 0 Å². The van der Waals surface area contributed by atoms with Gasteiger partial charge < -0.3 is 5.73 Å². The molecule has 1 aromatic carbocycles. The van der Waals surface area contributed by atoms with Gasteiger partial charge in [-0.1, -0.05) is 18.2 Å². The van der Waals surface area contributed by atoms with E-state index in [4.69, 9.17) is 5.73 Å². The van der Waals surface area contributed by atoms with Crippen molar-refractivity contribution in [2.45, 2.75) is 18.9 Å². The Morgan fingerprint density at radius 3 is 2.71 bits per heavy atom. The predicted octanol–water partition coefficient (Wildman–Crippen LogP) is 4.07. The average Bonchev–Trinajstić information content (AvgIpc) is 2.63. The highest BCUT2D eigenvalue weighted by Gasteiger charge is 2.25. The normalized spacial score (nSPS) is 14.6. The van der Waals surface area contributed by atoms with E-state index in [0.29, 0.717) is 12.0 Å². The smallest absolute Gasteiger partial charge is 0.128 e. The summed E-state index contributed by atoms with van der Waals surface area (Å²) >= 11 is 5.03. The molecule has 0 bridgehead atoms. The van der Waals surface area contributed by atoms with E-state index in [-0.39, 0.29) is 5.82 Å². The van der Waals surface area contributed by atoms with Crippen LogP contribution < -0.4 is 5.73 Å². The minimum atomic E-state index is -0.685. The largest absolute Gasteiger partial charge is 0.321 e. The van der Waals surface area contributed by atoms with Gasteiger partial charge in [-0.15, -0.1) is 11.3 Å². The molecule has 0 radical (unpaired) electrons. The predicted molar refractivity (Wildman–Crippen MR) is 73.7 cm³/mol. The molecule has 17 heavy (non-hydrogen) atoms. The second-order valence-corrected chi connectivity index (χ2v) is 6.22. The Morgan fingerprint density at radius 1 is 1.41 bits per heavy atom. The fourth-order valence-electron chi connectivity index (χ4n) is 1.83. The van der Waals surface area contributed by atoms with E-state index < -0.39 is 5.54 Å². The Hall–Kier alpha value is -0.710. The van der Waals surface area contributed by atoms with Crippen LogP contribution in [0.3, 0.4) is 0 Å². The van der Waals surface area contributed by atoms with E-state index in [1.807, 2.05) is 24.4 Å². The zero-order chi connectivity index (χ0) is 12.5. The second-order valence-electron chi connectivity index (χ2n) is 4.31. The van der Waals surface area contributed by atoms with Crippen LogP contribution in [-0.2, 0) is 12.0 Å². The summed E-state index contributed by atoms with van der Waals surface area (Å²) in [6.07, 6.45) is 0.629. The van der Waals surface area contributed by atoms with Gasteiger partial charge in [-0.2, -0.15) is 0 Å². The molecule has 1 aromatic heterocycles. The van der Waals surface area contributed by atoms with E-state index in [1.54, 1.807) is 23.5 Å². The molecule has 4 heteroatoms. The number of rotatable bonds is 3. The lowest BCUT2D eigenvalue weighted by Crippen LogP contribution is -2.36. The Balaban J connectivity index is 2.27. The maximum atomic E-state index is 13.7. The van der Waals surface area contributed by atoms with Crippen LogP contribution in [-0.4, -0.2) is 0 Å². The standard InChI is InChI=1S/C13H13BrFNS/c1-13(16,7-10-6-9(14)8-17-10)11-4-2-3-5-12(11)15/h2-6,8H,7,16H2,1H3. The molecule has 0 spiro atoms. The highest BCUT2D eigenvalue weighted by Crippen LogP contribution is 2.29. The molecule has 2 N–H and O–H groups in total. The van der Waals surface area contributed by atoms with Gasteiger partial charge in [0.25, 0.3) is 0 Å². The van der Waals surface area contributed by atoms with Crippen molar-refractivity contribution in [1.82, 2.24) is 0 Å². The van der Waals surface area contributed by atoms with E-state index in [1.165, 1.54) is 6.07 Å². The summed E-state index contributed by atoms with van der Waals surface area (Å²) in [4.78, 5) is 1.14. The van der Waals surface area contributed by atoms with Crippen LogP contribution in [0.1, 0.15) is 17.4 Å². The SMILES string of the molecule is CC(N)(Cc1cc(Br)cs1)c1ccccc1F. The molecule has 90 valence electrons. The molecular formula is C13H13BrFNS. The number of hydrogen-bond donors (Lipinski definition) is 1. The second kappa shape index (κ2) is 4.88. The molecule has 1 heterocycles. The minimum Gasteiger partial charge on any atom is -0.321 e. The molecule has 1 atom stereocenters. The third-order valence-corrected chi connectivity index (χ3v) is 4.35. The highest BCUT2D eigenvalue weighted by molar-refractivity contribution is 9.10. The zero-order valence-electron chi connectivity index (χ0n) is 9.41. The summed E-state index contributed by atoms with van der Waals surface area (Å²) in [5.41, 5.74) is 6.11. The van der Waals surface area contributed by atoms with Crippen molar-refractivity contribution < 1.29 is 4.39 Å². The molecule has 0 aliphatic carbocycles. The molecule has 1 unspecified atom stereocenters. The van der Waals surface area contributed by atoms with Crippen molar-refractivity contribution in [3.63, 3.8) is 0 Å². The van der Waals surface area contributed by atoms with Crippen LogP contribution in [0, 0.1) is 5.82 Å². The van der Waals surface area contributed by atoms with Crippen molar-refractivity contribution in [2.24, 2.45) is 5.73 Å². The number of benzene rings is 1. The Kier molecular flexibility index (Phi) is 3.66. The molecule has 0 saturated carbocycles. The first kappa shape index (κ1) is 12.7. The van der Waals surface area contributed by atoms with Gasteiger partial charge in [0.2, 0.25) is 0 Å². The van der Waals surface area contributed by atoms with E-state index in [9.17, 15) is 4.39 Å². The van der Waals surface area contributed by atoms with Crippen LogP contribution >= 0.6 is 27.3 Å². The molecule has 1 nitrogen and oxygen atoms in total. The van der Waals surface area contributed by atoms with Gasteiger partial charge in [0.05, 0.1) is 0 Å². The van der Waals surface area contributed by atoms with Gasteiger partial charge in [-0.3, -0.25) is 0 Å². The van der Waals surface area contributed by atoms with Crippen molar-refractivity contribution in [2.75, 3.05) is 0 Å². The van der Waals surface area contributed by atoms with Gasteiger partial charge in [-0.25, -0.2) is 4.39 Å². The first-order valence-corrected chi connectivity index (χ1v) is 6.93. The number of halogens is 2. The number of hydrogen-bond acceptors (Lipinski definition) is 2. The van der Waals surface area contributed by atoms with Crippen molar-refractivity contribution in [1.29, 1.82) is 0 Å². The molecule has 0 aliphatic heterocycles. The summed E-state index contributed by atoms with van der Waals surface area (Å²) in [6.45, 7) is 1.86. The van der Waals surface area contributed by atoms with Crippen LogP contribution in [0.4, 0.5) is 4.39 Å². The number of nitrogens with two attached hydrogens (primary N) is 1.